The van der Waals surface area contributed by atoms with Gasteiger partial charge < -0.3 is 20.3 Å². The fourth-order valence-corrected chi connectivity index (χ4v) is 3.61. The van der Waals surface area contributed by atoms with Gasteiger partial charge in [0, 0.05) is 5.56 Å². The summed E-state index contributed by atoms with van der Waals surface area (Å²) in [5.41, 5.74) is 5.98. The van der Waals surface area contributed by atoms with Crippen molar-refractivity contribution in [2.24, 2.45) is 5.73 Å². The van der Waals surface area contributed by atoms with Crippen molar-refractivity contribution in [2.45, 2.75) is 12.8 Å². The highest BCUT2D eigenvalue weighted by atomic mass is 19.1. The lowest BCUT2D eigenvalue weighted by molar-refractivity contribution is -0.139. The first kappa shape index (κ1) is 22.4. The number of ether oxygens (including phenoxy) is 2. The van der Waals surface area contributed by atoms with Gasteiger partial charge in [-0.1, -0.05) is 30.3 Å². The second kappa shape index (κ2) is 8.81. The number of methoxy groups -OCH3 is 2. The molecule has 3 rings (SSSR count). The highest BCUT2D eigenvalue weighted by molar-refractivity contribution is 6.06. The Morgan fingerprint density at radius 3 is 2.31 bits per heavy atom. The number of rotatable bonds is 4. The van der Waals surface area contributed by atoms with E-state index >= 15 is 0 Å². The normalized spacial score (nSPS) is 16.0. The molecule has 2 aromatic rings. The molecule has 9 heteroatoms. The van der Waals surface area contributed by atoms with E-state index < -0.39 is 29.4 Å². The lowest BCUT2D eigenvalue weighted by Crippen LogP contribution is -2.40. The summed E-state index contributed by atoms with van der Waals surface area (Å²) >= 11 is 0. The molecule has 1 unspecified atom stereocenters. The summed E-state index contributed by atoms with van der Waals surface area (Å²) in [6.45, 7) is 1.33. The van der Waals surface area contributed by atoms with Crippen LogP contribution in [0, 0.1) is 24.1 Å². The molecular weight excluding hydrogens is 417 g/mol. The molecule has 8 nitrogen and oxygen atoms in total. The van der Waals surface area contributed by atoms with Crippen molar-refractivity contribution in [1.82, 2.24) is 0 Å². The van der Waals surface area contributed by atoms with Crippen LogP contribution in [0.3, 0.4) is 0 Å². The van der Waals surface area contributed by atoms with Gasteiger partial charge in [-0.15, -0.1) is 0 Å². The van der Waals surface area contributed by atoms with Gasteiger partial charge in [-0.05, 0) is 24.6 Å². The van der Waals surface area contributed by atoms with Crippen molar-refractivity contribution < 1.29 is 28.6 Å². The largest absolute Gasteiger partial charge is 0.505 e. The van der Waals surface area contributed by atoms with E-state index in [2.05, 4.69) is 0 Å². The van der Waals surface area contributed by atoms with E-state index in [1.807, 2.05) is 6.07 Å². The number of phenolic OH excluding ortho intramolecular Hbond substituents is 1. The predicted molar refractivity (Wildman–Crippen MR) is 112 cm³/mol. The number of phenols is 1. The zero-order valence-corrected chi connectivity index (χ0v) is 17.5. The summed E-state index contributed by atoms with van der Waals surface area (Å²) in [6, 6.07) is 12.7. The topological polar surface area (TPSA) is 126 Å². The van der Waals surface area contributed by atoms with Crippen molar-refractivity contribution in [3.63, 3.8) is 0 Å². The zero-order chi connectivity index (χ0) is 23.6. The van der Waals surface area contributed by atoms with E-state index in [9.17, 15) is 24.3 Å². The van der Waals surface area contributed by atoms with Crippen molar-refractivity contribution >= 4 is 17.6 Å². The van der Waals surface area contributed by atoms with Crippen molar-refractivity contribution in [3.8, 4) is 11.8 Å². The fraction of sp³-hybridized carbons (Fsp3) is 0.174. The van der Waals surface area contributed by atoms with E-state index in [4.69, 9.17) is 15.2 Å². The minimum Gasteiger partial charge on any atom is -0.505 e. The molecule has 0 aliphatic carbocycles. The second-order valence-corrected chi connectivity index (χ2v) is 6.88. The lowest BCUT2D eigenvalue weighted by Gasteiger charge is -2.36. The first-order valence-electron chi connectivity index (χ1n) is 9.42. The third-order valence-electron chi connectivity index (χ3n) is 5.19. The lowest BCUT2D eigenvalue weighted by atomic mass is 9.81. The van der Waals surface area contributed by atoms with Crippen LogP contribution in [0.2, 0.25) is 0 Å². The molecule has 0 saturated heterocycles. The van der Waals surface area contributed by atoms with Crippen molar-refractivity contribution in [1.29, 1.82) is 5.26 Å². The van der Waals surface area contributed by atoms with Gasteiger partial charge in [0.1, 0.15) is 23.1 Å². The third-order valence-corrected chi connectivity index (χ3v) is 5.19. The number of carbonyl (C=O) groups excluding carboxylic acids is 2. The molecule has 32 heavy (non-hydrogen) atoms. The number of hydrogen-bond acceptors (Lipinski definition) is 8. The molecule has 0 spiro atoms. The maximum absolute atomic E-state index is 14.0. The molecule has 1 atom stereocenters. The molecule has 0 radical (unpaired) electrons. The zero-order valence-electron chi connectivity index (χ0n) is 17.5. The maximum atomic E-state index is 14.0. The number of nitrogens with zero attached hydrogens (tertiary/aromatic N) is 2. The number of benzene rings is 2. The number of esters is 2. The molecule has 2 aromatic carbocycles. The average molecular weight is 437 g/mol. The van der Waals surface area contributed by atoms with Crippen LogP contribution in [0.4, 0.5) is 10.1 Å². The van der Waals surface area contributed by atoms with Crippen LogP contribution < -0.4 is 10.6 Å². The SMILES string of the molecule is COC(=O)C1=C(C(=O)OC)N(c2ccc(F)c(C)c2O)C(N)=C(C#N)C1c1ccccc1. The van der Waals surface area contributed by atoms with Gasteiger partial charge in [0.15, 0.2) is 0 Å². The minimum absolute atomic E-state index is 0.0642. The minimum atomic E-state index is -1.04. The monoisotopic (exact) mass is 437 g/mol. The molecule has 0 amide bonds. The van der Waals surface area contributed by atoms with Crippen molar-refractivity contribution in [3.05, 3.63) is 82.1 Å². The van der Waals surface area contributed by atoms with Gasteiger partial charge >= 0.3 is 11.9 Å². The van der Waals surface area contributed by atoms with Crippen molar-refractivity contribution in [2.75, 3.05) is 19.1 Å². The van der Waals surface area contributed by atoms with Crippen LogP contribution in [-0.2, 0) is 19.1 Å². The van der Waals surface area contributed by atoms with Gasteiger partial charge in [-0.25, -0.2) is 14.0 Å². The highest BCUT2D eigenvalue weighted by Crippen LogP contribution is 2.45. The molecule has 0 aromatic heterocycles. The Morgan fingerprint density at radius 2 is 1.75 bits per heavy atom. The number of hydrogen-bond donors (Lipinski definition) is 2. The van der Waals surface area contributed by atoms with E-state index in [0.717, 1.165) is 25.2 Å². The van der Waals surface area contributed by atoms with Crippen LogP contribution in [-0.4, -0.2) is 31.3 Å². The molecule has 0 saturated carbocycles. The smallest absolute Gasteiger partial charge is 0.355 e. The molecule has 1 aliphatic rings. The number of nitriles is 1. The number of aromatic hydroxyl groups is 1. The van der Waals surface area contributed by atoms with Crippen LogP contribution in [0.25, 0.3) is 0 Å². The van der Waals surface area contributed by atoms with E-state index in [1.54, 1.807) is 30.3 Å². The van der Waals surface area contributed by atoms with E-state index in [0.29, 0.717) is 5.56 Å². The van der Waals surface area contributed by atoms with Crippen LogP contribution >= 0.6 is 0 Å². The van der Waals surface area contributed by atoms with Gasteiger partial charge in [-0.2, -0.15) is 5.26 Å². The van der Waals surface area contributed by atoms with Crippen LogP contribution in [0.5, 0.6) is 5.75 Å². The first-order chi connectivity index (χ1) is 15.3. The van der Waals surface area contributed by atoms with Gasteiger partial charge in [0.2, 0.25) is 0 Å². The Bertz CT molecular complexity index is 1200. The number of allylic oxidation sites excluding steroid dienone is 1. The Kier molecular flexibility index (Phi) is 6.16. The van der Waals surface area contributed by atoms with Gasteiger partial charge in [0.25, 0.3) is 0 Å². The highest BCUT2D eigenvalue weighted by Gasteiger charge is 2.43. The number of halogens is 1. The summed E-state index contributed by atoms with van der Waals surface area (Å²) < 4.78 is 23.8. The van der Waals surface area contributed by atoms with E-state index in [-0.39, 0.29) is 33.9 Å². The second-order valence-electron chi connectivity index (χ2n) is 6.88. The molecule has 0 fully saturated rings. The molecule has 1 heterocycles. The Hall–Kier alpha value is -4.32. The summed E-state index contributed by atoms with van der Waals surface area (Å²) in [5.74, 6) is -4.34. The quantitative estimate of drug-likeness (QED) is 0.700. The number of carbonyl (C=O) groups is 2. The molecule has 0 bridgehead atoms. The Balaban J connectivity index is 2.46. The predicted octanol–water partition coefficient (Wildman–Crippen LogP) is 2.74. The summed E-state index contributed by atoms with van der Waals surface area (Å²) in [6.07, 6.45) is 0. The fourth-order valence-electron chi connectivity index (χ4n) is 3.61. The third kappa shape index (κ3) is 3.52. The number of anilines is 1. The first-order valence-corrected chi connectivity index (χ1v) is 9.42. The molecular formula is C23H20FN3O5. The van der Waals surface area contributed by atoms with Gasteiger partial charge in [0.05, 0.1) is 43.0 Å². The number of nitrogens with two attached hydrogens (primary N) is 1. The van der Waals surface area contributed by atoms with Gasteiger partial charge in [-0.3, -0.25) is 4.90 Å². The average Bonchev–Trinajstić information content (AvgIpc) is 2.81. The van der Waals surface area contributed by atoms with Crippen LogP contribution in [0.15, 0.2) is 65.1 Å². The molecule has 3 N–H and O–H groups in total. The van der Waals surface area contributed by atoms with Crippen LogP contribution in [0.1, 0.15) is 17.0 Å². The summed E-state index contributed by atoms with van der Waals surface area (Å²) in [7, 11) is 2.24. The molecule has 1 aliphatic heterocycles. The Labute approximate surface area is 183 Å². The summed E-state index contributed by atoms with van der Waals surface area (Å²) in [5, 5.41) is 20.6. The summed E-state index contributed by atoms with van der Waals surface area (Å²) in [4.78, 5) is 26.8. The maximum Gasteiger partial charge on any atom is 0.355 e. The standard InChI is InChI=1S/C23H20FN3O5/c1-12-15(24)9-10-16(20(12)28)27-19(23(30)32-3)18(22(29)31-2)17(14(11-25)21(27)26)13-7-5-4-6-8-13/h4-10,17,28H,26H2,1-3H3. The van der Waals surface area contributed by atoms with E-state index in [1.165, 1.54) is 13.0 Å². The molecule has 164 valence electrons. The Morgan fingerprint density at radius 1 is 1.12 bits per heavy atom.